The van der Waals surface area contributed by atoms with Crippen molar-refractivity contribution < 1.29 is 9.66 Å². The topological polar surface area (TPSA) is 76.8 Å². The minimum absolute atomic E-state index is 0.0303. The largest absolute Gasteiger partial charge is 0.488 e. The summed E-state index contributed by atoms with van der Waals surface area (Å²) < 4.78 is 5.84. The SMILES string of the molecule is O=[N+]([O-])c1ccc(COc2ccc(Cl)cc2/C=N/NCc2c(Cl)cccc2Cl)cc1. The first-order chi connectivity index (χ1) is 14.4. The maximum Gasteiger partial charge on any atom is 0.269 e. The van der Waals surface area contributed by atoms with E-state index in [-0.39, 0.29) is 12.3 Å². The third-order valence-corrected chi connectivity index (χ3v) is 5.07. The lowest BCUT2D eigenvalue weighted by molar-refractivity contribution is -0.384. The van der Waals surface area contributed by atoms with Gasteiger partial charge in [0, 0.05) is 38.3 Å². The lowest BCUT2D eigenvalue weighted by Gasteiger charge is -2.10. The van der Waals surface area contributed by atoms with Crippen molar-refractivity contribution in [2.75, 3.05) is 0 Å². The summed E-state index contributed by atoms with van der Waals surface area (Å²) in [5, 5.41) is 16.6. The molecule has 0 bridgehead atoms. The van der Waals surface area contributed by atoms with Gasteiger partial charge in [0.05, 0.1) is 17.7 Å². The molecule has 1 N–H and O–H groups in total. The van der Waals surface area contributed by atoms with E-state index in [9.17, 15) is 10.1 Å². The third-order valence-electron chi connectivity index (χ3n) is 4.13. The van der Waals surface area contributed by atoms with Gasteiger partial charge in [0.1, 0.15) is 12.4 Å². The number of rotatable bonds is 8. The normalized spacial score (nSPS) is 10.9. The van der Waals surface area contributed by atoms with Crippen LogP contribution in [0.15, 0.2) is 65.8 Å². The zero-order valence-corrected chi connectivity index (χ0v) is 17.8. The first-order valence-corrected chi connectivity index (χ1v) is 9.92. The van der Waals surface area contributed by atoms with Crippen LogP contribution in [0.4, 0.5) is 5.69 Å². The number of hydrogen-bond donors (Lipinski definition) is 1. The Hall–Kier alpha value is -2.80. The van der Waals surface area contributed by atoms with Crippen molar-refractivity contribution in [2.24, 2.45) is 5.10 Å². The molecule has 6 nitrogen and oxygen atoms in total. The van der Waals surface area contributed by atoms with Gasteiger partial charge in [0.25, 0.3) is 5.69 Å². The predicted molar refractivity (Wildman–Crippen MR) is 120 cm³/mol. The zero-order valence-electron chi connectivity index (χ0n) is 15.5. The molecule has 30 heavy (non-hydrogen) atoms. The molecule has 0 heterocycles. The fourth-order valence-corrected chi connectivity index (χ4v) is 3.28. The Morgan fingerprint density at radius 2 is 1.73 bits per heavy atom. The van der Waals surface area contributed by atoms with Crippen LogP contribution >= 0.6 is 34.8 Å². The molecule has 9 heteroatoms. The van der Waals surface area contributed by atoms with E-state index < -0.39 is 4.92 Å². The number of nitrogens with one attached hydrogen (secondary N) is 1. The number of nitrogens with zero attached hydrogens (tertiary/aromatic N) is 2. The van der Waals surface area contributed by atoms with E-state index in [0.29, 0.717) is 32.9 Å². The fourth-order valence-electron chi connectivity index (χ4n) is 2.57. The molecule has 0 spiro atoms. The van der Waals surface area contributed by atoms with E-state index >= 15 is 0 Å². The smallest absolute Gasteiger partial charge is 0.269 e. The highest BCUT2D eigenvalue weighted by Gasteiger charge is 2.07. The summed E-state index contributed by atoms with van der Waals surface area (Å²) in [5.74, 6) is 0.569. The summed E-state index contributed by atoms with van der Waals surface area (Å²) in [6.07, 6.45) is 1.59. The molecule has 0 radical (unpaired) electrons. The number of nitro groups is 1. The molecule has 3 aromatic rings. The molecule has 0 saturated carbocycles. The second-order valence-corrected chi connectivity index (χ2v) is 7.44. The molecular formula is C21H16Cl3N3O3. The Bertz CT molecular complexity index is 1050. The standard InChI is InChI=1S/C21H16Cl3N3O3/c22-16-6-9-21(30-13-14-4-7-17(8-5-14)27(28)29)15(10-16)11-25-26-12-18-19(23)2-1-3-20(18)24/h1-11,26H,12-13H2/b25-11+. The summed E-state index contributed by atoms with van der Waals surface area (Å²) >= 11 is 18.4. The number of benzene rings is 3. The first-order valence-electron chi connectivity index (χ1n) is 8.78. The van der Waals surface area contributed by atoms with Crippen LogP contribution in [0.1, 0.15) is 16.7 Å². The lowest BCUT2D eigenvalue weighted by Crippen LogP contribution is -2.07. The van der Waals surface area contributed by atoms with Crippen LogP contribution in [-0.4, -0.2) is 11.1 Å². The summed E-state index contributed by atoms with van der Waals surface area (Å²) in [6, 6.07) is 16.6. The second-order valence-electron chi connectivity index (χ2n) is 6.19. The Balaban J connectivity index is 1.66. The van der Waals surface area contributed by atoms with E-state index in [4.69, 9.17) is 39.5 Å². The molecule has 0 atom stereocenters. The Morgan fingerprint density at radius 1 is 1.03 bits per heavy atom. The number of hydrogen-bond acceptors (Lipinski definition) is 5. The van der Waals surface area contributed by atoms with Gasteiger partial charge >= 0.3 is 0 Å². The van der Waals surface area contributed by atoms with Gasteiger partial charge in [-0.25, -0.2) is 0 Å². The van der Waals surface area contributed by atoms with Gasteiger partial charge in [-0.05, 0) is 48.0 Å². The van der Waals surface area contributed by atoms with Crippen LogP contribution in [-0.2, 0) is 13.2 Å². The molecule has 0 unspecified atom stereocenters. The van der Waals surface area contributed by atoms with Crippen molar-refractivity contribution in [3.63, 3.8) is 0 Å². The molecule has 0 aliphatic rings. The molecule has 0 saturated heterocycles. The minimum Gasteiger partial charge on any atom is -0.488 e. The Morgan fingerprint density at radius 3 is 2.40 bits per heavy atom. The van der Waals surface area contributed by atoms with E-state index in [1.54, 1.807) is 54.7 Å². The van der Waals surface area contributed by atoms with Crippen molar-refractivity contribution in [3.8, 4) is 5.75 Å². The number of nitro benzene ring substituents is 1. The van der Waals surface area contributed by atoms with Crippen molar-refractivity contribution >= 4 is 46.7 Å². The molecule has 0 fully saturated rings. The molecular weight excluding hydrogens is 449 g/mol. The molecule has 0 aromatic heterocycles. The molecule has 3 rings (SSSR count). The molecule has 0 amide bonds. The van der Waals surface area contributed by atoms with Crippen molar-refractivity contribution in [1.29, 1.82) is 0 Å². The van der Waals surface area contributed by atoms with E-state index in [0.717, 1.165) is 11.1 Å². The number of hydrazone groups is 1. The van der Waals surface area contributed by atoms with Crippen LogP contribution in [0.2, 0.25) is 15.1 Å². The first kappa shape index (κ1) is 21.9. The highest BCUT2D eigenvalue weighted by molar-refractivity contribution is 6.36. The van der Waals surface area contributed by atoms with Crippen LogP contribution in [0.25, 0.3) is 0 Å². The van der Waals surface area contributed by atoms with Gasteiger partial charge in [0.15, 0.2) is 0 Å². The molecule has 0 aliphatic carbocycles. The van der Waals surface area contributed by atoms with Gasteiger partial charge in [-0.1, -0.05) is 40.9 Å². The van der Waals surface area contributed by atoms with E-state index in [1.807, 2.05) is 0 Å². The fraction of sp³-hybridized carbons (Fsp3) is 0.0952. The average Bonchev–Trinajstić information content (AvgIpc) is 2.72. The van der Waals surface area contributed by atoms with E-state index in [1.165, 1.54) is 12.1 Å². The van der Waals surface area contributed by atoms with Gasteiger partial charge < -0.3 is 10.2 Å². The minimum atomic E-state index is -0.443. The van der Waals surface area contributed by atoms with E-state index in [2.05, 4.69) is 10.5 Å². The van der Waals surface area contributed by atoms with Gasteiger partial charge in [-0.2, -0.15) is 5.10 Å². The Labute approximate surface area is 188 Å². The van der Waals surface area contributed by atoms with Crippen molar-refractivity contribution in [1.82, 2.24) is 5.43 Å². The highest BCUT2D eigenvalue weighted by Crippen LogP contribution is 2.25. The van der Waals surface area contributed by atoms with Crippen molar-refractivity contribution in [3.05, 3.63) is 103 Å². The number of halogens is 3. The average molecular weight is 465 g/mol. The van der Waals surface area contributed by atoms with Crippen LogP contribution in [0.5, 0.6) is 5.75 Å². The third kappa shape index (κ3) is 5.86. The maximum atomic E-state index is 10.7. The monoisotopic (exact) mass is 463 g/mol. The number of ether oxygens (including phenoxy) is 1. The lowest BCUT2D eigenvalue weighted by atomic mass is 10.2. The summed E-state index contributed by atoms with van der Waals surface area (Å²) in [7, 11) is 0. The predicted octanol–water partition coefficient (Wildman–Crippen LogP) is 6.26. The Kier molecular flexibility index (Phi) is 7.52. The number of non-ortho nitro benzene ring substituents is 1. The van der Waals surface area contributed by atoms with Crippen molar-refractivity contribution in [2.45, 2.75) is 13.2 Å². The van der Waals surface area contributed by atoms with Gasteiger partial charge in [-0.15, -0.1) is 0 Å². The summed E-state index contributed by atoms with van der Waals surface area (Å²) in [5.41, 5.74) is 5.15. The summed E-state index contributed by atoms with van der Waals surface area (Å²) in [4.78, 5) is 10.3. The van der Waals surface area contributed by atoms with Gasteiger partial charge in [-0.3, -0.25) is 10.1 Å². The van der Waals surface area contributed by atoms with Crippen LogP contribution in [0, 0.1) is 10.1 Å². The summed E-state index contributed by atoms with van der Waals surface area (Å²) in [6.45, 7) is 0.595. The molecule has 3 aromatic carbocycles. The quantitative estimate of drug-likeness (QED) is 0.242. The highest BCUT2D eigenvalue weighted by atomic mass is 35.5. The maximum absolute atomic E-state index is 10.7. The second kappa shape index (κ2) is 10.3. The molecule has 0 aliphatic heterocycles. The van der Waals surface area contributed by atoms with Crippen LogP contribution < -0.4 is 10.2 Å². The van der Waals surface area contributed by atoms with Gasteiger partial charge in [0.2, 0.25) is 0 Å². The molecule has 154 valence electrons. The zero-order chi connectivity index (χ0) is 21.5. The van der Waals surface area contributed by atoms with Crippen LogP contribution in [0.3, 0.4) is 0 Å².